The SMILES string of the molecule is CCN1CCN(Cc2ccc(NC(=O)C(C)Oc3ccccc3)cc2)CC1. The van der Waals surface area contributed by atoms with E-state index in [-0.39, 0.29) is 5.91 Å². The molecule has 1 aliphatic rings. The van der Waals surface area contributed by atoms with E-state index in [4.69, 9.17) is 4.74 Å². The van der Waals surface area contributed by atoms with Crippen molar-refractivity contribution in [2.75, 3.05) is 38.0 Å². The van der Waals surface area contributed by atoms with E-state index in [1.54, 1.807) is 6.92 Å². The lowest BCUT2D eigenvalue weighted by Gasteiger charge is -2.34. The van der Waals surface area contributed by atoms with Gasteiger partial charge in [0.2, 0.25) is 0 Å². The lowest BCUT2D eigenvalue weighted by molar-refractivity contribution is -0.122. The third-order valence-corrected chi connectivity index (χ3v) is 4.97. The normalized spacial score (nSPS) is 16.7. The molecule has 2 aromatic rings. The summed E-state index contributed by atoms with van der Waals surface area (Å²) in [5, 5.41) is 2.92. The number of carbonyl (C=O) groups is 1. The van der Waals surface area contributed by atoms with Crippen LogP contribution in [0.5, 0.6) is 5.75 Å². The third-order valence-electron chi connectivity index (χ3n) is 4.97. The van der Waals surface area contributed by atoms with Gasteiger partial charge in [0.1, 0.15) is 5.75 Å². The second-order valence-corrected chi connectivity index (χ2v) is 6.97. The molecule has 144 valence electrons. The first-order valence-corrected chi connectivity index (χ1v) is 9.70. The number of para-hydroxylation sites is 1. The highest BCUT2D eigenvalue weighted by molar-refractivity contribution is 5.94. The van der Waals surface area contributed by atoms with Crippen molar-refractivity contribution in [3.05, 3.63) is 60.2 Å². The summed E-state index contributed by atoms with van der Waals surface area (Å²) >= 11 is 0. The lowest BCUT2D eigenvalue weighted by atomic mass is 10.1. The summed E-state index contributed by atoms with van der Waals surface area (Å²) in [6.07, 6.45) is -0.554. The molecule has 0 bridgehead atoms. The van der Waals surface area contributed by atoms with E-state index in [1.807, 2.05) is 42.5 Å². The fraction of sp³-hybridized carbons (Fsp3) is 0.409. The molecule has 0 aromatic heterocycles. The monoisotopic (exact) mass is 367 g/mol. The number of likely N-dealkylation sites (N-methyl/N-ethyl adjacent to an activating group) is 1. The van der Waals surface area contributed by atoms with E-state index in [0.717, 1.165) is 45.0 Å². The van der Waals surface area contributed by atoms with Gasteiger partial charge in [0.15, 0.2) is 6.10 Å². The number of carbonyl (C=O) groups excluding carboxylic acids is 1. The molecular weight excluding hydrogens is 338 g/mol. The first-order chi connectivity index (χ1) is 13.1. The summed E-state index contributed by atoms with van der Waals surface area (Å²) in [6.45, 7) is 10.6. The van der Waals surface area contributed by atoms with Crippen molar-refractivity contribution in [1.29, 1.82) is 0 Å². The molecule has 1 amide bonds. The maximum absolute atomic E-state index is 12.3. The van der Waals surface area contributed by atoms with Crippen molar-refractivity contribution in [1.82, 2.24) is 9.80 Å². The van der Waals surface area contributed by atoms with Crippen LogP contribution in [0.3, 0.4) is 0 Å². The highest BCUT2D eigenvalue weighted by Gasteiger charge is 2.16. The Hall–Kier alpha value is -2.37. The van der Waals surface area contributed by atoms with E-state index < -0.39 is 6.10 Å². The van der Waals surface area contributed by atoms with Gasteiger partial charge in [0, 0.05) is 38.4 Å². The van der Waals surface area contributed by atoms with Gasteiger partial charge in [0.05, 0.1) is 0 Å². The molecule has 1 aliphatic heterocycles. The van der Waals surface area contributed by atoms with Crippen molar-refractivity contribution in [2.24, 2.45) is 0 Å². The summed E-state index contributed by atoms with van der Waals surface area (Å²) in [4.78, 5) is 17.3. The van der Waals surface area contributed by atoms with Gasteiger partial charge < -0.3 is 15.0 Å². The second-order valence-electron chi connectivity index (χ2n) is 6.97. The zero-order valence-corrected chi connectivity index (χ0v) is 16.2. The number of hydrogen-bond donors (Lipinski definition) is 1. The van der Waals surface area contributed by atoms with Crippen LogP contribution in [0.4, 0.5) is 5.69 Å². The minimum atomic E-state index is -0.554. The molecule has 2 aromatic carbocycles. The summed E-state index contributed by atoms with van der Waals surface area (Å²) in [5.74, 6) is 0.543. The van der Waals surface area contributed by atoms with Crippen LogP contribution in [0.15, 0.2) is 54.6 Å². The van der Waals surface area contributed by atoms with Gasteiger partial charge in [-0.2, -0.15) is 0 Å². The van der Waals surface area contributed by atoms with Gasteiger partial charge in [-0.25, -0.2) is 0 Å². The summed E-state index contributed by atoms with van der Waals surface area (Å²) in [7, 11) is 0. The van der Waals surface area contributed by atoms with E-state index in [9.17, 15) is 4.79 Å². The lowest BCUT2D eigenvalue weighted by Crippen LogP contribution is -2.45. The van der Waals surface area contributed by atoms with Crippen LogP contribution in [0.2, 0.25) is 0 Å². The number of hydrogen-bond acceptors (Lipinski definition) is 4. The number of nitrogens with zero attached hydrogens (tertiary/aromatic N) is 2. The van der Waals surface area contributed by atoms with Gasteiger partial charge in [-0.3, -0.25) is 9.69 Å². The van der Waals surface area contributed by atoms with Crippen molar-refractivity contribution < 1.29 is 9.53 Å². The number of nitrogens with one attached hydrogen (secondary N) is 1. The fourth-order valence-corrected chi connectivity index (χ4v) is 3.22. The topological polar surface area (TPSA) is 44.8 Å². The summed E-state index contributed by atoms with van der Waals surface area (Å²) in [6, 6.07) is 17.5. The van der Waals surface area contributed by atoms with Gasteiger partial charge >= 0.3 is 0 Å². The van der Waals surface area contributed by atoms with Crippen LogP contribution >= 0.6 is 0 Å². The molecule has 1 heterocycles. The standard InChI is InChI=1S/C22H29N3O2/c1-3-24-13-15-25(16-14-24)17-19-9-11-20(12-10-19)23-22(26)18(2)27-21-7-5-4-6-8-21/h4-12,18H,3,13-17H2,1-2H3,(H,23,26). The number of benzene rings is 2. The van der Waals surface area contributed by atoms with Crippen LogP contribution in [0.25, 0.3) is 0 Å². The number of rotatable bonds is 7. The molecule has 0 saturated carbocycles. The molecule has 1 atom stereocenters. The Balaban J connectivity index is 1.48. The minimum absolute atomic E-state index is 0.151. The van der Waals surface area contributed by atoms with Crippen LogP contribution in [-0.4, -0.2) is 54.5 Å². The van der Waals surface area contributed by atoms with Gasteiger partial charge in [-0.15, -0.1) is 0 Å². The molecular formula is C22H29N3O2. The maximum Gasteiger partial charge on any atom is 0.265 e. The quantitative estimate of drug-likeness (QED) is 0.816. The van der Waals surface area contributed by atoms with E-state index >= 15 is 0 Å². The Bertz CT molecular complexity index is 710. The highest BCUT2D eigenvalue weighted by atomic mass is 16.5. The molecule has 0 spiro atoms. The number of piperazine rings is 1. The van der Waals surface area contributed by atoms with Crippen LogP contribution in [-0.2, 0) is 11.3 Å². The maximum atomic E-state index is 12.3. The average molecular weight is 367 g/mol. The van der Waals surface area contributed by atoms with Gasteiger partial charge in [-0.05, 0) is 43.3 Å². The van der Waals surface area contributed by atoms with Crippen molar-refractivity contribution in [3.8, 4) is 5.75 Å². The van der Waals surface area contributed by atoms with E-state index in [2.05, 4.69) is 34.2 Å². The van der Waals surface area contributed by atoms with Crippen LogP contribution in [0.1, 0.15) is 19.4 Å². The number of amides is 1. The number of ether oxygens (including phenoxy) is 1. The van der Waals surface area contributed by atoms with E-state index in [1.165, 1.54) is 5.56 Å². The third kappa shape index (κ3) is 5.81. The van der Waals surface area contributed by atoms with Gasteiger partial charge in [-0.1, -0.05) is 37.3 Å². The molecule has 1 unspecified atom stereocenters. The van der Waals surface area contributed by atoms with Crippen LogP contribution < -0.4 is 10.1 Å². The predicted molar refractivity (Wildman–Crippen MR) is 109 cm³/mol. The summed E-state index contributed by atoms with van der Waals surface area (Å²) < 4.78 is 5.67. The first-order valence-electron chi connectivity index (χ1n) is 9.70. The molecule has 1 saturated heterocycles. The van der Waals surface area contributed by atoms with Gasteiger partial charge in [0.25, 0.3) is 5.91 Å². The minimum Gasteiger partial charge on any atom is -0.481 e. The zero-order valence-electron chi connectivity index (χ0n) is 16.2. The number of anilines is 1. The Labute approximate surface area is 161 Å². The molecule has 1 N–H and O–H groups in total. The molecule has 5 nitrogen and oxygen atoms in total. The predicted octanol–water partition coefficient (Wildman–Crippen LogP) is 3.23. The Kier molecular flexibility index (Phi) is 6.85. The Morgan fingerprint density at radius 2 is 1.63 bits per heavy atom. The Morgan fingerprint density at radius 1 is 1.00 bits per heavy atom. The largest absolute Gasteiger partial charge is 0.481 e. The second kappa shape index (κ2) is 9.53. The van der Waals surface area contributed by atoms with Crippen molar-refractivity contribution in [3.63, 3.8) is 0 Å². The molecule has 1 fully saturated rings. The molecule has 3 rings (SSSR count). The van der Waals surface area contributed by atoms with E-state index in [0.29, 0.717) is 5.75 Å². The molecule has 5 heteroatoms. The Morgan fingerprint density at radius 3 is 2.26 bits per heavy atom. The zero-order chi connectivity index (χ0) is 19.1. The molecule has 27 heavy (non-hydrogen) atoms. The summed E-state index contributed by atoms with van der Waals surface area (Å²) in [5.41, 5.74) is 2.06. The first kappa shape index (κ1) is 19.4. The highest BCUT2D eigenvalue weighted by Crippen LogP contribution is 2.15. The molecule has 0 aliphatic carbocycles. The van der Waals surface area contributed by atoms with Crippen LogP contribution in [0, 0.1) is 0 Å². The van der Waals surface area contributed by atoms with Crippen molar-refractivity contribution in [2.45, 2.75) is 26.5 Å². The fourth-order valence-electron chi connectivity index (χ4n) is 3.22. The van der Waals surface area contributed by atoms with Crippen molar-refractivity contribution >= 4 is 11.6 Å². The average Bonchev–Trinajstić information content (AvgIpc) is 2.71. The smallest absolute Gasteiger partial charge is 0.265 e. The molecule has 0 radical (unpaired) electrons.